The monoisotopic (exact) mass is 673 g/mol. The highest BCUT2D eigenvalue weighted by molar-refractivity contribution is 5.92. The van der Waals surface area contributed by atoms with Gasteiger partial charge in [-0.2, -0.15) is 20.2 Å². The Labute approximate surface area is 282 Å². The van der Waals surface area contributed by atoms with Crippen LogP contribution in [0.15, 0.2) is 91.3 Å². The van der Waals surface area contributed by atoms with Crippen molar-refractivity contribution in [3.63, 3.8) is 0 Å². The zero-order valence-corrected chi connectivity index (χ0v) is 27.1. The van der Waals surface area contributed by atoms with Gasteiger partial charge in [0.1, 0.15) is 11.7 Å². The van der Waals surface area contributed by atoms with Crippen molar-refractivity contribution >= 4 is 11.9 Å². The Morgan fingerprint density at radius 3 is 1.78 bits per heavy atom. The van der Waals surface area contributed by atoms with Gasteiger partial charge in [-0.05, 0) is 49.4 Å². The van der Waals surface area contributed by atoms with Gasteiger partial charge < -0.3 is 20.1 Å². The lowest BCUT2D eigenvalue weighted by molar-refractivity contribution is -0.169. The normalized spacial score (nSPS) is 13.1. The molecule has 1 aliphatic heterocycles. The summed E-state index contributed by atoms with van der Waals surface area (Å²) in [6.45, 7) is 4.53. The predicted molar refractivity (Wildman–Crippen MR) is 176 cm³/mol. The van der Waals surface area contributed by atoms with Gasteiger partial charge in [0.25, 0.3) is 5.91 Å². The van der Waals surface area contributed by atoms with Crippen molar-refractivity contribution in [1.29, 1.82) is 0 Å². The molecule has 12 heteroatoms. The fourth-order valence-electron chi connectivity index (χ4n) is 3.68. The first kappa shape index (κ1) is 37.9. The fraction of sp³-hybridized carbons (Fsp3) is 0.243. The van der Waals surface area contributed by atoms with Crippen LogP contribution in [0.5, 0.6) is 0 Å². The second kappa shape index (κ2) is 17.6. The van der Waals surface area contributed by atoms with Crippen molar-refractivity contribution in [1.82, 2.24) is 14.9 Å². The highest BCUT2D eigenvalue weighted by Crippen LogP contribution is 2.25. The quantitative estimate of drug-likeness (QED) is 0.193. The van der Waals surface area contributed by atoms with E-state index in [1.807, 2.05) is 43.4 Å². The molecule has 1 amide bonds. The second-order valence-electron chi connectivity index (χ2n) is 10.9. The molecule has 1 aliphatic rings. The van der Waals surface area contributed by atoms with Crippen molar-refractivity contribution in [3.05, 3.63) is 136 Å². The van der Waals surface area contributed by atoms with Crippen LogP contribution in [0.4, 0.5) is 17.6 Å². The highest BCUT2D eigenvalue weighted by Gasteiger charge is 2.41. The van der Waals surface area contributed by atoms with E-state index in [1.54, 1.807) is 30.3 Å². The Balaban J connectivity index is 0.000000231. The molecule has 0 aliphatic carbocycles. The summed E-state index contributed by atoms with van der Waals surface area (Å²) in [5.41, 5.74) is 2.04. The number of rotatable bonds is 4. The van der Waals surface area contributed by atoms with E-state index in [2.05, 4.69) is 45.9 Å². The van der Waals surface area contributed by atoms with Gasteiger partial charge in [-0.25, -0.2) is 19.2 Å². The first-order valence-electron chi connectivity index (χ1n) is 14.7. The van der Waals surface area contributed by atoms with E-state index in [1.165, 1.54) is 12.3 Å². The van der Waals surface area contributed by atoms with Crippen LogP contribution in [0.2, 0.25) is 0 Å². The van der Waals surface area contributed by atoms with Gasteiger partial charge in [-0.1, -0.05) is 72.5 Å². The SMILES string of the molecule is CC(N(C)C(=O)c1ncc(C#Cc2ccccc2)cc1F)C(F)(F)F.C[N-]C1(C)COC1.O=C(O)c1ccc(C#Cc2ccccc2)cn1. The number of likely N-dealkylation sites (N-methyl/N-ethyl adjacent to an activating group) is 1. The lowest BCUT2D eigenvalue weighted by atomic mass is 10.0. The molecule has 2 aromatic carbocycles. The van der Waals surface area contributed by atoms with Crippen LogP contribution in [0.3, 0.4) is 0 Å². The Morgan fingerprint density at radius 1 is 0.878 bits per heavy atom. The van der Waals surface area contributed by atoms with Crippen molar-refractivity contribution in [2.24, 2.45) is 0 Å². The van der Waals surface area contributed by atoms with Crippen molar-refractivity contribution in [2.75, 3.05) is 27.3 Å². The standard InChI is InChI=1S/C18H14F4N2O.C14H9NO2.C5H10NO/c1-12(18(20,21)22)24(2)17(25)16-15(19)10-14(11-23-16)9-8-13-6-4-3-5-7-13;16-14(17)13-9-8-12(10-15-13)7-6-11-4-2-1-3-5-11;1-5(6-2)3-7-4-5/h3-7,10-12H,1-2H3;1-5,8-10H,(H,16,17);3-4H2,1-2H3/q;;-1. The highest BCUT2D eigenvalue weighted by atomic mass is 19.4. The van der Waals surface area contributed by atoms with E-state index in [0.717, 1.165) is 45.0 Å². The van der Waals surface area contributed by atoms with Crippen LogP contribution in [0.1, 0.15) is 57.1 Å². The zero-order chi connectivity index (χ0) is 36.0. The minimum absolute atomic E-state index is 0.0234. The Hall–Kier alpha value is -5.56. The third-order valence-corrected chi connectivity index (χ3v) is 7.02. The maximum Gasteiger partial charge on any atom is 0.408 e. The maximum atomic E-state index is 14.1. The number of aromatic nitrogens is 2. The summed E-state index contributed by atoms with van der Waals surface area (Å²) in [5, 5.41) is 12.8. The van der Waals surface area contributed by atoms with Crippen molar-refractivity contribution in [3.8, 4) is 23.7 Å². The molecule has 0 spiro atoms. The lowest BCUT2D eigenvalue weighted by Crippen LogP contribution is -2.45. The number of carboxylic acids is 1. The van der Waals surface area contributed by atoms with Gasteiger partial charge in [-0.3, -0.25) is 4.79 Å². The number of amides is 1. The zero-order valence-electron chi connectivity index (χ0n) is 27.1. The Bertz CT molecular complexity index is 1820. The molecule has 1 atom stereocenters. The number of pyridine rings is 2. The van der Waals surface area contributed by atoms with Gasteiger partial charge in [-0.15, -0.1) is 0 Å². The first-order valence-corrected chi connectivity index (χ1v) is 14.7. The van der Waals surface area contributed by atoms with Gasteiger partial charge in [0, 0.05) is 54.9 Å². The summed E-state index contributed by atoms with van der Waals surface area (Å²) in [6, 6.07) is 20.5. The van der Waals surface area contributed by atoms with Crippen molar-refractivity contribution < 1.29 is 37.0 Å². The molecule has 4 aromatic rings. The average molecular weight is 674 g/mol. The lowest BCUT2D eigenvalue weighted by Gasteiger charge is -2.48. The smallest absolute Gasteiger partial charge is 0.408 e. The number of nitrogens with zero attached hydrogens (tertiary/aromatic N) is 4. The molecule has 0 saturated carbocycles. The van der Waals surface area contributed by atoms with Gasteiger partial charge in [0.2, 0.25) is 0 Å². The van der Waals surface area contributed by atoms with Crippen LogP contribution in [0, 0.1) is 29.5 Å². The third-order valence-electron chi connectivity index (χ3n) is 7.02. The topological polar surface area (TPSA) is 107 Å². The predicted octanol–water partition coefficient (Wildman–Crippen LogP) is 6.60. The summed E-state index contributed by atoms with van der Waals surface area (Å²) in [6.07, 6.45) is -2.00. The summed E-state index contributed by atoms with van der Waals surface area (Å²) >= 11 is 0. The minimum atomic E-state index is -4.61. The molecule has 0 radical (unpaired) electrons. The number of alkyl halides is 3. The van der Waals surface area contributed by atoms with Crippen LogP contribution >= 0.6 is 0 Å². The largest absolute Gasteiger partial charge is 0.656 e. The van der Waals surface area contributed by atoms with Gasteiger partial charge in [0.15, 0.2) is 11.5 Å². The molecule has 1 unspecified atom stereocenters. The number of carbonyl (C=O) groups excluding carboxylic acids is 1. The Morgan fingerprint density at radius 2 is 1.39 bits per heavy atom. The number of carboxylic acid groups (broad SMARTS) is 1. The van der Waals surface area contributed by atoms with Gasteiger partial charge >= 0.3 is 12.1 Å². The molecule has 0 bridgehead atoms. The van der Waals surface area contributed by atoms with E-state index in [9.17, 15) is 27.2 Å². The van der Waals surface area contributed by atoms with Crippen molar-refractivity contribution in [2.45, 2.75) is 31.6 Å². The number of benzene rings is 2. The van der Waals surface area contributed by atoms with E-state index < -0.39 is 35.6 Å². The molecule has 254 valence electrons. The van der Waals surface area contributed by atoms with E-state index >= 15 is 0 Å². The summed E-state index contributed by atoms with van der Waals surface area (Å²) in [4.78, 5) is 30.5. The van der Waals surface area contributed by atoms with Crippen LogP contribution in [0.25, 0.3) is 5.32 Å². The average Bonchev–Trinajstić information content (AvgIpc) is 3.09. The van der Waals surface area contributed by atoms with Crippen LogP contribution in [-0.2, 0) is 4.74 Å². The molecule has 2 aromatic heterocycles. The van der Waals surface area contributed by atoms with E-state index in [-0.39, 0.29) is 16.8 Å². The second-order valence-corrected chi connectivity index (χ2v) is 10.9. The summed E-state index contributed by atoms with van der Waals surface area (Å²) in [7, 11) is 2.78. The number of hydrogen-bond donors (Lipinski definition) is 1. The first-order chi connectivity index (χ1) is 23.2. The van der Waals surface area contributed by atoms with Crippen LogP contribution in [-0.4, -0.2) is 76.9 Å². The number of halogens is 4. The molecule has 1 fully saturated rings. The number of carbonyl (C=O) groups is 2. The molecule has 5 rings (SSSR count). The summed E-state index contributed by atoms with van der Waals surface area (Å²) < 4.78 is 57.0. The van der Waals surface area contributed by atoms with Gasteiger partial charge in [0.05, 0.1) is 0 Å². The number of hydrogen-bond acceptors (Lipinski definition) is 5. The molecular formula is C37H33F4N4O4-. The molecule has 8 nitrogen and oxygen atoms in total. The number of aromatic carboxylic acids is 1. The molecule has 3 heterocycles. The van der Waals surface area contributed by atoms with E-state index in [4.69, 9.17) is 9.84 Å². The third kappa shape index (κ3) is 11.9. The Kier molecular flexibility index (Phi) is 13.6. The molecule has 49 heavy (non-hydrogen) atoms. The fourth-order valence-corrected chi connectivity index (χ4v) is 3.68. The minimum Gasteiger partial charge on any atom is -0.656 e. The summed E-state index contributed by atoms with van der Waals surface area (Å²) in [5.74, 6) is 8.17. The molecular weight excluding hydrogens is 640 g/mol. The number of ether oxygens (including phenoxy) is 1. The molecule has 1 saturated heterocycles. The van der Waals surface area contributed by atoms with Crippen LogP contribution < -0.4 is 0 Å². The van der Waals surface area contributed by atoms with E-state index in [0.29, 0.717) is 16.0 Å². The maximum absolute atomic E-state index is 14.1. The molecule has 1 N–H and O–H groups in total.